The Labute approximate surface area is 200 Å². The Morgan fingerprint density at radius 2 is 1.76 bits per heavy atom. The zero-order chi connectivity index (χ0) is 24.3. The first-order valence-electron chi connectivity index (χ1n) is 11.4. The van der Waals surface area contributed by atoms with Crippen molar-refractivity contribution < 1.29 is 22.8 Å². The highest BCUT2D eigenvalue weighted by molar-refractivity contribution is 7.08. The summed E-state index contributed by atoms with van der Waals surface area (Å²) in [5.74, 6) is -0.512. The van der Waals surface area contributed by atoms with E-state index in [-0.39, 0.29) is 22.7 Å². The van der Waals surface area contributed by atoms with Gasteiger partial charge in [0.25, 0.3) is 0 Å². The summed E-state index contributed by atoms with van der Waals surface area (Å²) in [6, 6.07) is 6.14. The Balaban J connectivity index is 1.73. The Morgan fingerprint density at radius 1 is 1.06 bits per heavy atom. The number of halogens is 3. The van der Waals surface area contributed by atoms with Crippen LogP contribution in [0.25, 0.3) is 11.1 Å². The van der Waals surface area contributed by atoms with E-state index in [0.29, 0.717) is 28.8 Å². The smallest absolute Gasteiger partial charge is 0.294 e. The van der Waals surface area contributed by atoms with Gasteiger partial charge in [-0.1, -0.05) is 32.4 Å². The molecule has 176 valence electrons. The Hall–Kier alpha value is -2.80. The number of hydrogen-bond donors (Lipinski definition) is 0. The maximum atomic E-state index is 13.8. The van der Waals surface area contributed by atoms with Crippen molar-refractivity contribution in [3.63, 3.8) is 0 Å². The van der Waals surface area contributed by atoms with Crippen molar-refractivity contribution in [2.45, 2.75) is 58.0 Å². The minimum Gasteiger partial charge on any atom is -0.294 e. The predicted molar refractivity (Wildman–Crippen MR) is 125 cm³/mol. The first kappa shape index (κ1) is 23.0. The van der Waals surface area contributed by atoms with Gasteiger partial charge >= 0.3 is 6.18 Å². The number of fused-ring (bicyclic) bond motifs is 1. The number of ketones is 2. The van der Waals surface area contributed by atoms with Crippen molar-refractivity contribution in [1.29, 1.82) is 0 Å². The second kappa shape index (κ2) is 8.15. The molecule has 1 aromatic carbocycles. The van der Waals surface area contributed by atoms with E-state index in [0.717, 1.165) is 49.1 Å². The van der Waals surface area contributed by atoms with E-state index < -0.39 is 17.5 Å². The highest BCUT2D eigenvalue weighted by Crippen LogP contribution is 2.52. The number of Topliss-reactive ketones (excluding diaryl/α,β-unsaturated/α-hetero) is 1. The lowest BCUT2D eigenvalue weighted by molar-refractivity contribution is -0.137. The first-order valence-corrected chi connectivity index (χ1v) is 12.4. The van der Waals surface area contributed by atoms with Gasteiger partial charge in [-0.15, -0.1) is 0 Å². The van der Waals surface area contributed by atoms with E-state index in [1.54, 1.807) is 0 Å². The molecule has 0 radical (unpaired) electrons. The van der Waals surface area contributed by atoms with E-state index in [2.05, 4.69) is 0 Å². The number of thiophene rings is 1. The van der Waals surface area contributed by atoms with Crippen LogP contribution in [0.4, 0.5) is 13.2 Å². The second-order valence-corrected chi connectivity index (χ2v) is 10.6. The quantitative estimate of drug-likeness (QED) is 0.361. The third-order valence-electron chi connectivity index (χ3n) is 7.13. The monoisotopic (exact) mass is 483 g/mol. The summed E-state index contributed by atoms with van der Waals surface area (Å²) in [5.41, 5.74) is 2.86. The summed E-state index contributed by atoms with van der Waals surface area (Å²) in [6.07, 6.45) is -0.174. The minimum atomic E-state index is -4.48. The number of rotatable bonds is 4. The van der Waals surface area contributed by atoms with Crippen molar-refractivity contribution >= 4 is 22.9 Å². The van der Waals surface area contributed by atoms with Crippen LogP contribution in [0.2, 0.25) is 0 Å². The van der Waals surface area contributed by atoms with E-state index in [1.165, 1.54) is 23.5 Å². The summed E-state index contributed by atoms with van der Waals surface area (Å²) in [7, 11) is 0. The van der Waals surface area contributed by atoms with Crippen LogP contribution < -0.4 is 0 Å². The maximum absolute atomic E-state index is 13.8. The normalized spacial score (nSPS) is 17.1. The number of aromatic nitrogens is 1. The largest absolute Gasteiger partial charge is 0.416 e. The fraction of sp³-hybridized carbons (Fsp3) is 0.370. The van der Waals surface area contributed by atoms with E-state index in [9.17, 15) is 22.8 Å². The molecule has 2 aliphatic rings. The van der Waals surface area contributed by atoms with Crippen LogP contribution >= 0.6 is 11.3 Å². The topological polar surface area (TPSA) is 47.0 Å². The summed E-state index contributed by atoms with van der Waals surface area (Å²) in [6.45, 7) is 3.89. The number of carbonyl (C=O) groups excluding carboxylic acids is 2. The number of carbonyl (C=O) groups is 2. The lowest BCUT2D eigenvalue weighted by Gasteiger charge is -2.45. The Kier molecular flexibility index (Phi) is 5.51. The third-order valence-corrected chi connectivity index (χ3v) is 7.81. The van der Waals surface area contributed by atoms with Crippen LogP contribution in [-0.2, 0) is 12.6 Å². The van der Waals surface area contributed by atoms with Crippen LogP contribution in [0.15, 0.2) is 41.1 Å². The molecule has 0 aliphatic heterocycles. The SMILES string of the molecule is CC(C)c1nc2c(c(-c3ccsc3)c1C(=O)c1ccc(C(F)(F)F)cc1)C(=O)CC1(CCC1)C2. The molecule has 1 saturated carbocycles. The highest BCUT2D eigenvalue weighted by atomic mass is 32.1. The third kappa shape index (κ3) is 3.80. The first-order chi connectivity index (χ1) is 16.1. The Bertz CT molecular complexity index is 1270. The molecule has 2 heterocycles. The molecule has 0 bridgehead atoms. The van der Waals surface area contributed by atoms with Crippen LogP contribution in [0, 0.1) is 5.41 Å². The molecule has 7 heteroatoms. The number of alkyl halides is 3. The summed E-state index contributed by atoms with van der Waals surface area (Å²) < 4.78 is 39.2. The molecule has 0 atom stereocenters. The molecule has 3 nitrogen and oxygen atoms in total. The van der Waals surface area contributed by atoms with Crippen LogP contribution in [0.5, 0.6) is 0 Å². The summed E-state index contributed by atoms with van der Waals surface area (Å²) >= 11 is 1.47. The molecule has 1 fully saturated rings. The predicted octanol–water partition coefficient (Wildman–Crippen LogP) is 7.48. The van der Waals surface area contributed by atoms with Crippen molar-refractivity contribution in [2.75, 3.05) is 0 Å². The highest BCUT2D eigenvalue weighted by Gasteiger charge is 2.45. The fourth-order valence-corrected chi connectivity index (χ4v) is 5.90. The molecule has 34 heavy (non-hydrogen) atoms. The van der Waals surface area contributed by atoms with Crippen LogP contribution in [0.1, 0.15) is 88.7 Å². The number of pyridine rings is 1. The molecule has 1 spiro atoms. The fourth-order valence-electron chi connectivity index (χ4n) is 5.26. The average Bonchev–Trinajstić information content (AvgIpc) is 3.30. The molecule has 0 N–H and O–H groups in total. The zero-order valence-electron chi connectivity index (χ0n) is 19.0. The molecule has 0 unspecified atom stereocenters. The maximum Gasteiger partial charge on any atom is 0.416 e. The summed E-state index contributed by atoms with van der Waals surface area (Å²) in [4.78, 5) is 32.2. The van der Waals surface area contributed by atoms with Crippen molar-refractivity contribution in [2.24, 2.45) is 5.41 Å². The number of hydrogen-bond acceptors (Lipinski definition) is 4. The standard InChI is InChI=1S/C27H24F3NO2S/c1-15(2)24-23(25(33)16-4-6-18(7-5-16)27(28,29)30)21(17-8-11-34-14-17)22-19(31-24)12-26(9-3-10-26)13-20(22)32/h4-8,11,14-15H,3,9-10,12-13H2,1-2H3. The van der Waals surface area contributed by atoms with E-state index in [4.69, 9.17) is 4.98 Å². The van der Waals surface area contributed by atoms with Gasteiger partial charge in [0, 0.05) is 23.1 Å². The average molecular weight is 484 g/mol. The molecule has 3 aromatic rings. The molecule has 2 aliphatic carbocycles. The van der Waals surface area contributed by atoms with Gasteiger partial charge in [-0.3, -0.25) is 14.6 Å². The van der Waals surface area contributed by atoms with Crippen LogP contribution in [0.3, 0.4) is 0 Å². The van der Waals surface area contributed by atoms with Gasteiger partial charge in [0.05, 0.1) is 22.5 Å². The van der Waals surface area contributed by atoms with Crippen molar-refractivity contribution in [3.05, 3.63) is 74.7 Å². The lowest BCUT2D eigenvalue weighted by Crippen LogP contribution is -2.39. The van der Waals surface area contributed by atoms with Crippen molar-refractivity contribution in [3.8, 4) is 11.1 Å². The number of benzene rings is 1. The van der Waals surface area contributed by atoms with Crippen molar-refractivity contribution in [1.82, 2.24) is 4.98 Å². The van der Waals surface area contributed by atoms with Gasteiger partial charge in [-0.2, -0.15) is 24.5 Å². The lowest BCUT2D eigenvalue weighted by atomic mass is 9.59. The van der Waals surface area contributed by atoms with E-state index in [1.807, 2.05) is 30.7 Å². The van der Waals surface area contributed by atoms with Gasteiger partial charge in [0.2, 0.25) is 0 Å². The molecule has 5 rings (SSSR count). The zero-order valence-corrected chi connectivity index (χ0v) is 19.8. The molecular formula is C27H24F3NO2S. The minimum absolute atomic E-state index is 0.00595. The molecule has 0 amide bonds. The second-order valence-electron chi connectivity index (χ2n) is 9.77. The Morgan fingerprint density at radius 3 is 2.29 bits per heavy atom. The summed E-state index contributed by atoms with van der Waals surface area (Å²) in [5, 5.41) is 3.80. The van der Waals surface area contributed by atoms with Gasteiger partial charge < -0.3 is 0 Å². The van der Waals surface area contributed by atoms with E-state index >= 15 is 0 Å². The van der Waals surface area contributed by atoms with Gasteiger partial charge in [0.1, 0.15) is 0 Å². The molecular weight excluding hydrogens is 459 g/mol. The van der Waals surface area contributed by atoms with Gasteiger partial charge in [-0.25, -0.2) is 0 Å². The van der Waals surface area contributed by atoms with Crippen LogP contribution in [-0.4, -0.2) is 16.6 Å². The molecule has 0 saturated heterocycles. The molecule has 2 aromatic heterocycles. The number of nitrogens with zero attached hydrogens (tertiary/aromatic N) is 1. The van der Waals surface area contributed by atoms with Gasteiger partial charge in [0.15, 0.2) is 11.6 Å². The van der Waals surface area contributed by atoms with Gasteiger partial charge in [-0.05, 0) is 65.1 Å².